The lowest BCUT2D eigenvalue weighted by molar-refractivity contribution is 0.0995. The number of aromatic nitrogens is 1. The zero-order chi connectivity index (χ0) is 11.1. The standard InChI is InChI=1S/C11H13N3O/c1-2-3-4-6-13-9-5-7-14-10(8-9)11(12)15/h1,5,7-8H,3-4,6H2,(H2,12,15)(H,13,14). The molecule has 1 heterocycles. The number of nitrogens with two attached hydrogens (primary N) is 1. The third-order valence-electron chi connectivity index (χ3n) is 1.84. The van der Waals surface area contributed by atoms with Crippen LogP contribution in [0.25, 0.3) is 0 Å². The molecule has 0 spiro atoms. The van der Waals surface area contributed by atoms with Gasteiger partial charge in [0, 0.05) is 24.8 Å². The van der Waals surface area contributed by atoms with Crippen LogP contribution in [0.1, 0.15) is 23.3 Å². The van der Waals surface area contributed by atoms with Gasteiger partial charge in [0.15, 0.2) is 0 Å². The van der Waals surface area contributed by atoms with Crippen molar-refractivity contribution in [2.24, 2.45) is 5.73 Å². The van der Waals surface area contributed by atoms with Crippen molar-refractivity contribution in [2.75, 3.05) is 11.9 Å². The lowest BCUT2D eigenvalue weighted by atomic mass is 10.3. The predicted octanol–water partition coefficient (Wildman–Crippen LogP) is 1.01. The third kappa shape index (κ3) is 3.69. The largest absolute Gasteiger partial charge is 0.385 e. The molecule has 4 nitrogen and oxygen atoms in total. The molecule has 0 fully saturated rings. The number of anilines is 1. The maximum absolute atomic E-state index is 10.8. The first kappa shape index (κ1) is 11.1. The number of hydrogen-bond donors (Lipinski definition) is 2. The summed E-state index contributed by atoms with van der Waals surface area (Å²) >= 11 is 0. The van der Waals surface area contributed by atoms with Gasteiger partial charge < -0.3 is 11.1 Å². The molecule has 0 aliphatic heterocycles. The van der Waals surface area contributed by atoms with Gasteiger partial charge in [-0.3, -0.25) is 9.78 Å². The van der Waals surface area contributed by atoms with Gasteiger partial charge >= 0.3 is 0 Å². The molecule has 0 saturated carbocycles. The number of amides is 1. The summed E-state index contributed by atoms with van der Waals surface area (Å²) in [6.07, 6.45) is 8.30. The van der Waals surface area contributed by atoms with Crippen LogP contribution in [0.5, 0.6) is 0 Å². The predicted molar refractivity (Wildman–Crippen MR) is 59.3 cm³/mol. The molecular formula is C11H13N3O. The Hall–Kier alpha value is -2.02. The van der Waals surface area contributed by atoms with E-state index in [9.17, 15) is 4.79 Å². The Morgan fingerprint density at radius 3 is 3.13 bits per heavy atom. The van der Waals surface area contributed by atoms with E-state index >= 15 is 0 Å². The second-order valence-electron chi connectivity index (χ2n) is 3.03. The van der Waals surface area contributed by atoms with Crippen molar-refractivity contribution in [1.82, 2.24) is 4.98 Å². The van der Waals surface area contributed by atoms with Gasteiger partial charge in [-0.1, -0.05) is 0 Å². The Balaban J connectivity index is 2.51. The monoisotopic (exact) mass is 203 g/mol. The lowest BCUT2D eigenvalue weighted by Gasteiger charge is -2.05. The van der Waals surface area contributed by atoms with E-state index in [0.29, 0.717) is 0 Å². The summed E-state index contributed by atoms with van der Waals surface area (Å²) in [6, 6.07) is 3.40. The molecule has 0 aromatic carbocycles. The molecule has 0 aliphatic carbocycles. The molecule has 1 amide bonds. The maximum atomic E-state index is 10.8. The van der Waals surface area contributed by atoms with E-state index in [1.807, 2.05) is 0 Å². The van der Waals surface area contributed by atoms with Crippen LogP contribution in [0, 0.1) is 12.3 Å². The second-order valence-corrected chi connectivity index (χ2v) is 3.03. The number of nitrogens with zero attached hydrogens (tertiary/aromatic N) is 1. The second kappa shape index (κ2) is 5.66. The topological polar surface area (TPSA) is 68.0 Å². The highest BCUT2D eigenvalue weighted by atomic mass is 16.1. The highest BCUT2D eigenvalue weighted by Crippen LogP contribution is 2.07. The van der Waals surface area contributed by atoms with Crippen molar-refractivity contribution >= 4 is 11.6 Å². The van der Waals surface area contributed by atoms with E-state index < -0.39 is 5.91 Å². The fraction of sp³-hybridized carbons (Fsp3) is 0.273. The molecule has 78 valence electrons. The first-order valence-electron chi connectivity index (χ1n) is 4.67. The summed E-state index contributed by atoms with van der Waals surface area (Å²) < 4.78 is 0. The Bertz CT molecular complexity index is 382. The number of carbonyl (C=O) groups is 1. The van der Waals surface area contributed by atoms with Gasteiger partial charge in [-0.2, -0.15) is 0 Å². The van der Waals surface area contributed by atoms with Crippen molar-refractivity contribution < 1.29 is 4.79 Å². The first-order valence-corrected chi connectivity index (χ1v) is 4.67. The number of carbonyl (C=O) groups excluding carboxylic acids is 1. The van der Waals surface area contributed by atoms with Gasteiger partial charge in [0.2, 0.25) is 0 Å². The van der Waals surface area contributed by atoms with E-state index in [2.05, 4.69) is 16.2 Å². The van der Waals surface area contributed by atoms with Crippen LogP contribution in [0.15, 0.2) is 18.3 Å². The number of hydrogen-bond acceptors (Lipinski definition) is 3. The minimum Gasteiger partial charge on any atom is -0.385 e. The Morgan fingerprint density at radius 1 is 1.67 bits per heavy atom. The molecule has 1 aromatic heterocycles. The highest BCUT2D eigenvalue weighted by molar-refractivity contribution is 5.91. The van der Waals surface area contributed by atoms with E-state index in [-0.39, 0.29) is 5.69 Å². The van der Waals surface area contributed by atoms with Gasteiger partial charge in [-0.15, -0.1) is 12.3 Å². The number of primary amides is 1. The third-order valence-corrected chi connectivity index (χ3v) is 1.84. The summed E-state index contributed by atoms with van der Waals surface area (Å²) in [4.78, 5) is 14.7. The average Bonchev–Trinajstić information content (AvgIpc) is 2.25. The zero-order valence-corrected chi connectivity index (χ0v) is 8.36. The quantitative estimate of drug-likeness (QED) is 0.554. The zero-order valence-electron chi connectivity index (χ0n) is 8.36. The van der Waals surface area contributed by atoms with E-state index in [1.54, 1.807) is 18.3 Å². The number of nitrogens with one attached hydrogen (secondary N) is 1. The van der Waals surface area contributed by atoms with Crippen molar-refractivity contribution in [3.8, 4) is 12.3 Å². The molecule has 0 aliphatic rings. The van der Waals surface area contributed by atoms with Crippen molar-refractivity contribution in [2.45, 2.75) is 12.8 Å². The molecule has 0 bridgehead atoms. The summed E-state index contributed by atoms with van der Waals surface area (Å²) in [5.41, 5.74) is 6.19. The fourth-order valence-electron chi connectivity index (χ4n) is 1.10. The molecule has 1 aromatic rings. The van der Waals surface area contributed by atoms with E-state index in [1.165, 1.54) is 0 Å². The number of terminal acetylenes is 1. The van der Waals surface area contributed by atoms with Gasteiger partial charge in [0.1, 0.15) is 5.69 Å². The average molecular weight is 203 g/mol. The molecule has 0 atom stereocenters. The molecule has 0 saturated heterocycles. The summed E-state index contributed by atoms with van der Waals surface area (Å²) in [5, 5.41) is 3.13. The Labute approximate surface area is 88.9 Å². The van der Waals surface area contributed by atoms with Crippen LogP contribution in [0.4, 0.5) is 5.69 Å². The maximum Gasteiger partial charge on any atom is 0.267 e. The molecule has 15 heavy (non-hydrogen) atoms. The van der Waals surface area contributed by atoms with Gasteiger partial charge in [-0.25, -0.2) is 0 Å². The van der Waals surface area contributed by atoms with Crippen LogP contribution in [0.3, 0.4) is 0 Å². The minimum absolute atomic E-state index is 0.261. The van der Waals surface area contributed by atoms with Crippen LogP contribution < -0.4 is 11.1 Å². The van der Waals surface area contributed by atoms with Gasteiger partial charge in [0.05, 0.1) is 0 Å². The van der Waals surface area contributed by atoms with E-state index in [4.69, 9.17) is 12.2 Å². The first-order chi connectivity index (χ1) is 7.24. The SMILES string of the molecule is C#CCCCNc1ccnc(C(N)=O)c1. The molecule has 1 rings (SSSR count). The summed E-state index contributed by atoms with van der Waals surface area (Å²) in [5.74, 6) is 2.03. The fourth-order valence-corrected chi connectivity index (χ4v) is 1.10. The Morgan fingerprint density at radius 2 is 2.47 bits per heavy atom. The molecule has 0 unspecified atom stereocenters. The van der Waals surface area contributed by atoms with Gasteiger partial charge in [-0.05, 0) is 18.6 Å². The van der Waals surface area contributed by atoms with Crippen LogP contribution in [-0.4, -0.2) is 17.4 Å². The van der Waals surface area contributed by atoms with E-state index in [0.717, 1.165) is 25.1 Å². The van der Waals surface area contributed by atoms with Crippen molar-refractivity contribution in [3.63, 3.8) is 0 Å². The van der Waals surface area contributed by atoms with Crippen molar-refractivity contribution in [1.29, 1.82) is 0 Å². The summed E-state index contributed by atoms with van der Waals surface area (Å²) in [7, 11) is 0. The van der Waals surface area contributed by atoms with Crippen LogP contribution in [0.2, 0.25) is 0 Å². The molecule has 3 N–H and O–H groups in total. The molecule has 0 radical (unpaired) electrons. The summed E-state index contributed by atoms with van der Waals surface area (Å²) in [6.45, 7) is 0.770. The van der Waals surface area contributed by atoms with Crippen molar-refractivity contribution in [3.05, 3.63) is 24.0 Å². The van der Waals surface area contributed by atoms with Crippen LogP contribution >= 0.6 is 0 Å². The van der Waals surface area contributed by atoms with Gasteiger partial charge in [0.25, 0.3) is 5.91 Å². The molecular weight excluding hydrogens is 190 g/mol. The molecule has 4 heteroatoms. The smallest absolute Gasteiger partial charge is 0.267 e. The number of unbranched alkanes of at least 4 members (excludes halogenated alkanes) is 1. The Kier molecular flexibility index (Phi) is 4.17. The lowest BCUT2D eigenvalue weighted by Crippen LogP contribution is -2.13. The number of rotatable bonds is 5. The normalized spacial score (nSPS) is 9.27. The number of pyridine rings is 1. The van der Waals surface area contributed by atoms with Crippen LogP contribution in [-0.2, 0) is 0 Å². The minimum atomic E-state index is -0.526. The highest BCUT2D eigenvalue weighted by Gasteiger charge is 2.01.